The Morgan fingerprint density at radius 2 is 1.73 bits per heavy atom. The van der Waals surface area contributed by atoms with E-state index >= 15 is 0 Å². The maximum atomic E-state index is 13.9. The molecule has 0 saturated heterocycles. The summed E-state index contributed by atoms with van der Waals surface area (Å²) in [5.41, 5.74) is 2.97. The van der Waals surface area contributed by atoms with Crippen LogP contribution in [-0.4, -0.2) is 75.9 Å². The van der Waals surface area contributed by atoms with Gasteiger partial charge in [0.05, 0.1) is 52.1 Å². The van der Waals surface area contributed by atoms with Gasteiger partial charge in [0.15, 0.2) is 0 Å². The van der Waals surface area contributed by atoms with Crippen molar-refractivity contribution < 1.29 is 28.8 Å². The second-order valence-electron chi connectivity index (χ2n) is 11.2. The molecule has 1 aliphatic heterocycles. The van der Waals surface area contributed by atoms with Gasteiger partial charge in [-0.1, -0.05) is 54.6 Å². The number of β-amino-alcohol motifs (C(OH)–C–C–N with tert-alkyl or cyclic N) is 1. The standard InChI is InChI=1S/C32H39N5O6S/c1-32(2,34-17-23(39)19-38)16-29(40)35-26-20-44(43)28-11-7-6-10-27(28)37(30(26)41)18-21-12-14-22(15-13-21)24-8-4-5-9-25(24)36-31(42)33-3/h4-15,23,26,34,38-39H,16-20H2,1-3H3,(H,35,40)(H2,33,36,42)/t23-,26-,44?/m1/s1. The van der Waals surface area contributed by atoms with Crippen molar-refractivity contribution in [3.05, 3.63) is 78.4 Å². The lowest BCUT2D eigenvalue weighted by molar-refractivity contribution is -0.128. The number of amides is 4. The molecule has 3 aromatic rings. The molecule has 1 heterocycles. The van der Waals surface area contributed by atoms with Crippen molar-refractivity contribution in [2.24, 2.45) is 0 Å². The number of benzene rings is 3. The smallest absolute Gasteiger partial charge is 0.318 e. The van der Waals surface area contributed by atoms with E-state index in [1.54, 1.807) is 50.1 Å². The summed E-state index contributed by atoms with van der Waals surface area (Å²) in [6, 6.07) is 20.7. The average molecular weight is 622 g/mol. The molecule has 0 bridgehead atoms. The Morgan fingerprint density at radius 3 is 2.43 bits per heavy atom. The third-order valence-corrected chi connectivity index (χ3v) is 8.73. The number of anilines is 2. The van der Waals surface area contributed by atoms with Gasteiger partial charge in [0, 0.05) is 31.1 Å². The van der Waals surface area contributed by atoms with E-state index in [1.807, 2.05) is 48.5 Å². The van der Waals surface area contributed by atoms with Crippen LogP contribution in [0.25, 0.3) is 11.1 Å². The molecule has 0 aromatic heterocycles. The van der Waals surface area contributed by atoms with E-state index in [0.717, 1.165) is 16.7 Å². The largest absolute Gasteiger partial charge is 0.394 e. The molecule has 4 amide bonds. The average Bonchev–Trinajstić information content (AvgIpc) is 3.10. The summed E-state index contributed by atoms with van der Waals surface area (Å²) in [5.74, 6) is -0.846. The number of aliphatic hydroxyl groups is 2. The molecule has 12 heteroatoms. The van der Waals surface area contributed by atoms with Crippen molar-refractivity contribution in [3.8, 4) is 11.1 Å². The van der Waals surface area contributed by atoms with Crippen LogP contribution in [0.1, 0.15) is 25.8 Å². The minimum absolute atomic E-state index is 0.00772. The third kappa shape index (κ3) is 8.29. The molecule has 6 N–H and O–H groups in total. The summed E-state index contributed by atoms with van der Waals surface area (Å²) in [6.45, 7) is 3.44. The minimum Gasteiger partial charge on any atom is -0.394 e. The highest BCUT2D eigenvalue weighted by atomic mass is 32.2. The van der Waals surface area contributed by atoms with Crippen molar-refractivity contribution in [2.45, 2.75) is 49.4 Å². The quantitative estimate of drug-likeness (QED) is 0.192. The fourth-order valence-electron chi connectivity index (χ4n) is 4.93. The van der Waals surface area contributed by atoms with Crippen LogP contribution in [0.2, 0.25) is 0 Å². The highest BCUT2D eigenvalue weighted by molar-refractivity contribution is 7.85. The minimum atomic E-state index is -1.54. The third-order valence-electron chi connectivity index (χ3n) is 7.26. The van der Waals surface area contributed by atoms with Crippen molar-refractivity contribution in [1.82, 2.24) is 16.0 Å². The van der Waals surface area contributed by atoms with Crippen molar-refractivity contribution >= 4 is 40.0 Å². The van der Waals surface area contributed by atoms with E-state index in [9.17, 15) is 23.7 Å². The van der Waals surface area contributed by atoms with Crippen LogP contribution in [-0.2, 0) is 26.9 Å². The van der Waals surface area contributed by atoms with Gasteiger partial charge in [-0.05, 0) is 43.2 Å². The molecule has 0 fully saturated rings. The molecule has 44 heavy (non-hydrogen) atoms. The molecule has 0 radical (unpaired) electrons. The predicted octanol–water partition coefficient (Wildman–Crippen LogP) is 2.36. The van der Waals surface area contributed by atoms with E-state index in [-0.39, 0.29) is 37.2 Å². The van der Waals surface area contributed by atoms with Gasteiger partial charge >= 0.3 is 6.03 Å². The fourth-order valence-corrected chi connectivity index (χ4v) is 6.28. The summed E-state index contributed by atoms with van der Waals surface area (Å²) < 4.78 is 13.4. The first kappa shape index (κ1) is 32.8. The van der Waals surface area contributed by atoms with Crippen LogP contribution in [0.3, 0.4) is 0 Å². The van der Waals surface area contributed by atoms with Gasteiger partial charge in [-0.3, -0.25) is 13.8 Å². The van der Waals surface area contributed by atoms with Gasteiger partial charge < -0.3 is 36.4 Å². The molecule has 4 rings (SSSR count). The SMILES string of the molecule is CNC(=O)Nc1ccccc1-c1ccc(CN2C(=O)[C@H](NC(=O)CC(C)(C)NC[C@@H](O)CO)CS(=O)c3ccccc32)cc1. The first-order valence-electron chi connectivity index (χ1n) is 14.3. The monoisotopic (exact) mass is 621 g/mol. The van der Waals surface area contributed by atoms with Crippen LogP contribution in [0.15, 0.2) is 77.7 Å². The van der Waals surface area contributed by atoms with Crippen LogP contribution in [0.5, 0.6) is 0 Å². The molecule has 234 valence electrons. The number of carbonyl (C=O) groups is 3. The Balaban J connectivity index is 1.55. The van der Waals surface area contributed by atoms with E-state index in [1.165, 1.54) is 0 Å². The molecule has 0 aliphatic carbocycles. The van der Waals surface area contributed by atoms with Crippen molar-refractivity contribution in [1.29, 1.82) is 0 Å². The first-order valence-corrected chi connectivity index (χ1v) is 15.6. The summed E-state index contributed by atoms with van der Waals surface area (Å²) in [6.07, 6.45) is -0.968. The summed E-state index contributed by atoms with van der Waals surface area (Å²) in [4.78, 5) is 41.0. The van der Waals surface area contributed by atoms with Gasteiger partial charge in [-0.25, -0.2) is 4.79 Å². The molecule has 1 unspecified atom stereocenters. The summed E-state index contributed by atoms with van der Waals surface area (Å²) >= 11 is 0. The number of nitrogens with one attached hydrogen (secondary N) is 4. The van der Waals surface area contributed by atoms with Gasteiger partial charge in [0.1, 0.15) is 6.04 Å². The Labute approximate surface area is 259 Å². The van der Waals surface area contributed by atoms with E-state index in [0.29, 0.717) is 16.3 Å². The second kappa shape index (κ2) is 14.6. The zero-order chi connectivity index (χ0) is 31.9. The van der Waals surface area contributed by atoms with Crippen LogP contribution in [0, 0.1) is 0 Å². The van der Waals surface area contributed by atoms with E-state index in [4.69, 9.17) is 5.11 Å². The Morgan fingerprint density at radius 1 is 1.05 bits per heavy atom. The number of nitrogens with zero attached hydrogens (tertiary/aromatic N) is 1. The first-order chi connectivity index (χ1) is 21.0. The number of rotatable bonds is 11. The molecule has 0 spiro atoms. The fraction of sp³-hybridized carbons (Fsp3) is 0.344. The maximum absolute atomic E-state index is 13.9. The Bertz CT molecular complexity index is 1510. The number of urea groups is 1. The van der Waals surface area contributed by atoms with Crippen LogP contribution in [0.4, 0.5) is 16.2 Å². The highest BCUT2D eigenvalue weighted by Gasteiger charge is 2.35. The molecule has 0 saturated carbocycles. The molecule has 11 nitrogen and oxygen atoms in total. The topological polar surface area (TPSA) is 160 Å². The Hall–Kier alpha value is -4.10. The van der Waals surface area contributed by atoms with Gasteiger partial charge in [-0.2, -0.15) is 0 Å². The van der Waals surface area contributed by atoms with Gasteiger partial charge in [-0.15, -0.1) is 0 Å². The zero-order valence-corrected chi connectivity index (χ0v) is 25.8. The number of fused-ring (bicyclic) bond motifs is 1. The van der Waals surface area contributed by atoms with E-state index < -0.39 is 41.0 Å². The lowest BCUT2D eigenvalue weighted by Crippen LogP contribution is -2.53. The molecular weight excluding hydrogens is 582 g/mol. The number of para-hydroxylation sites is 2. The van der Waals surface area contributed by atoms with Gasteiger partial charge in [0.2, 0.25) is 5.91 Å². The number of hydrogen-bond donors (Lipinski definition) is 6. The lowest BCUT2D eigenvalue weighted by Gasteiger charge is -2.29. The van der Waals surface area contributed by atoms with Crippen LogP contribution < -0.4 is 26.2 Å². The van der Waals surface area contributed by atoms with Crippen LogP contribution >= 0.6 is 0 Å². The molecule has 3 atom stereocenters. The normalized spacial score (nSPS) is 17.3. The molecule has 3 aromatic carbocycles. The second-order valence-corrected chi connectivity index (χ2v) is 12.7. The van der Waals surface area contributed by atoms with Gasteiger partial charge in [0.25, 0.3) is 5.91 Å². The van der Waals surface area contributed by atoms with Crippen molar-refractivity contribution in [2.75, 3.05) is 36.2 Å². The zero-order valence-electron chi connectivity index (χ0n) is 25.0. The Kier molecular flexibility index (Phi) is 10.9. The summed E-state index contributed by atoms with van der Waals surface area (Å²) in [7, 11) is 0.00439. The number of aliphatic hydroxyl groups excluding tert-OH is 2. The molecule has 1 aliphatic rings. The lowest BCUT2D eigenvalue weighted by atomic mass is 9.99. The maximum Gasteiger partial charge on any atom is 0.318 e. The van der Waals surface area contributed by atoms with Crippen molar-refractivity contribution in [3.63, 3.8) is 0 Å². The molecular formula is C32H39N5O6S. The highest BCUT2D eigenvalue weighted by Crippen LogP contribution is 2.31. The number of carbonyl (C=O) groups excluding carboxylic acids is 3. The van der Waals surface area contributed by atoms with E-state index in [2.05, 4.69) is 21.3 Å². The summed E-state index contributed by atoms with van der Waals surface area (Å²) in [5, 5.41) is 29.9. The predicted molar refractivity (Wildman–Crippen MR) is 171 cm³/mol. The number of hydrogen-bond acceptors (Lipinski definition) is 7.